The summed E-state index contributed by atoms with van der Waals surface area (Å²) < 4.78 is 0.935. The average Bonchev–Trinajstić information content (AvgIpc) is 2.61. The Bertz CT molecular complexity index is 988. The Balaban J connectivity index is 2.02. The highest BCUT2D eigenvalue weighted by Gasteiger charge is 2.34. The molecule has 2 aromatic rings. The number of nitrogens with zero attached hydrogens (tertiary/aromatic N) is 3. The smallest absolute Gasteiger partial charge is 0.276 e. The minimum absolute atomic E-state index is 0.159. The second kappa shape index (κ2) is 6.07. The van der Waals surface area contributed by atoms with Gasteiger partial charge in [-0.25, -0.2) is 5.01 Å². The average molecular weight is 401 g/mol. The summed E-state index contributed by atoms with van der Waals surface area (Å²) in [5.41, 5.74) is 1.49. The molecule has 0 aliphatic carbocycles. The molecule has 2 aromatic carbocycles. The molecule has 1 unspecified atom stereocenters. The number of amides is 1. The minimum atomic E-state index is -0.390. The molecule has 0 radical (unpaired) electrons. The lowest BCUT2D eigenvalue weighted by atomic mass is 10.1. The molecular weight excluding hydrogens is 388 g/mol. The fraction of sp³-hybridized carbons (Fsp3) is 0.118. The number of carbonyl (C=O) groups excluding carboxylic acids is 1. The molecule has 5 nitrogen and oxygen atoms in total. The number of fused-ring (bicyclic) bond motifs is 2. The number of hydrogen-bond acceptors (Lipinski definition) is 5. The Hall–Kier alpha value is -2.12. The van der Waals surface area contributed by atoms with Gasteiger partial charge in [0.2, 0.25) is 0 Å². The van der Waals surface area contributed by atoms with E-state index in [-0.39, 0.29) is 5.91 Å². The van der Waals surface area contributed by atoms with Gasteiger partial charge in [0.25, 0.3) is 5.91 Å². The van der Waals surface area contributed by atoms with Gasteiger partial charge in [0, 0.05) is 15.3 Å². The van der Waals surface area contributed by atoms with Crippen LogP contribution in [-0.2, 0) is 4.79 Å². The molecule has 2 aliphatic rings. The Morgan fingerprint density at radius 3 is 2.71 bits per heavy atom. The first-order valence-electron chi connectivity index (χ1n) is 7.34. The second-order valence-corrected chi connectivity index (χ2v) is 6.95. The maximum Gasteiger partial charge on any atom is 0.276 e. The van der Waals surface area contributed by atoms with E-state index in [1.165, 1.54) is 11.8 Å². The second-order valence-electron chi connectivity index (χ2n) is 5.30. The van der Waals surface area contributed by atoms with Gasteiger partial charge in [-0.05, 0) is 18.4 Å². The van der Waals surface area contributed by atoms with Crippen molar-refractivity contribution in [3.63, 3.8) is 0 Å². The van der Waals surface area contributed by atoms with E-state index in [1.54, 1.807) is 5.01 Å². The first kappa shape index (κ1) is 15.4. The van der Waals surface area contributed by atoms with E-state index in [0.29, 0.717) is 10.9 Å². The number of rotatable bonds is 1. The van der Waals surface area contributed by atoms with Crippen LogP contribution >= 0.6 is 27.7 Å². The van der Waals surface area contributed by atoms with Crippen molar-refractivity contribution in [2.24, 2.45) is 10.1 Å². The van der Waals surface area contributed by atoms with Gasteiger partial charge in [-0.2, -0.15) is 0 Å². The summed E-state index contributed by atoms with van der Waals surface area (Å²) >= 11 is 4.98. The van der Waals surface area contributed by atoms with Crippen LogP contribution in [-0.4, -0.2) is 22.3 Å². The number of hydrogen-bond donors (Lipinski definition) is 1. The number of benzene rings is 2. The lowest BCUT2D eigenvalue weighted by molar-refractivity contribution is -0.116. The molecule has 2 heterocycles. The molecule has 0 bridgehead atoms. The summed E-state index contributed by atoms with van der Waals surface area (Å²) in [6, 6.07) is 15.5. The molecule has 4 rings (SSSR count). The molecule has 0 fully saturated rings. The van der Waals surface area contributed by atoms with E-state index in [0.717, 1.165) is 20.6 Å². The standard InChI is InChI=1S/C17H13BrN4OS/c1-24-17-20-16(23)14-11-7-3-5-9-13(11)19-15(22(14)21-17)10-6-2-4-8-12(10)18/h2-9,15H,1H3,(H,20,21,23). The van der Waals surface area contributed by atoms with Crippen LogP contribution in [0.3, 0.4) is 0 Å². The predicted molar refractivity (Wildman–Crippen MR) is 98.4 cm³/mol. The molecule has 1 amide bonds. The van der Waals surface area contributed by atoms with Crippen molar-refractivity contribution in [2.45, 2.75) is 6.17 Å². The van der Waals surface area contributed by atoms with Crippen LogP contribution < -0.4 is 15.9 Å². The van der Waals surface area contributed by atoms with Gasteiger partial charge < -0.3 is 0 Å². The van der Waals surface area contributed by atoms with Crippen LogP contribution in [0.4, 0.5) is 0 Å². The fourth-order valence-electron chi connectivity index (χ4n) is 2.81. The number of halogens is 1. The maximum atomic E-state index is 12.7. The molecular formula is C17H13BrN4OS. The van der Waals surface area contributed by atoms with Gasteiger partial charge in [-0.15, -0.1) is 5.10 Å². The van der Waals surface area contributed by atoms with E-state index >= 15 is 0 Å². The number of carbonyl (C=O) groups is 1. The van der Waals surface area contributed by atoms with Crippen LogP contribution in [0.5, 0.6) is 0 Å². The highest BCUT2D eigenvalue weighted by molar-refractivity contribution is 9.10. The van der Waals surface area contributed by atoms with E-state index in [9.17, 15) is 4.79 Å². The SMILES string of the molecule is CSC1=NN2C(=c3ccccc3=NC2c2ccccc2Br)C(=O)N1. The van der Waals surface area contributed by atoms with Crippen molar-refractivity contribution in [3.05, 3.63) is 69.1 Å². The summed E-state index contributed by atoms with van der Waals surface area (Å²) in [4.78, 5) is 17.5. The summed E-state index contributed by atoms with van der Waals surface area (Å²) in [7, 11) is 0. The Morgan fingerprint density at radius 1 is 1.17 bits per heavy atom. The monoisotopic (exact) mass is 400 g/mol. The zero-order valence-corrected chi connectivity index (χ0v) is 15.1. The zero-order chi connectivity index (χ0) is 16.7. The zero-order valence-electron chi connectivity index (χ0n) is 12.7. The van der Waals surface area contributed by atoms with Crippen LogP contribution in [0.1, 0.15) is 11.7 Å². The van der Waals surface area contributed by atoms with Gasteiger partial charge in [0.1, 0.15) is 5.70 Å². The topological polar surface area (TPSA) is 57.1 Å². The fourth-order valence-corrected chi connectivity index (χ4v) is 3.66. The molecule has 1 atom stereocenters. The Labute approximate surface area is 151 Å². The predicted octanol–water partition coefficient (Wildman–Crippen LogP) is 1.96. The summed E-state index contributed by atoms with van der Waals surface area (Å²) in [5, 5.41) is 11.3. The highest BCUT2D eigenvalue weighted by Crippen LogP contribution is 2.34. The minimum Gasteiger partial charge on any atom is -0.298 e. The molecule has 7 heteroatoms. The van der Waals surface area contributed by atoms with Crippen molar-refractivity contribution in [1.29, 1.82) is 0 Å². The maximum absolute atomic E-state index is 12.7. The van der Waals surface area contributed by atoms with Gasteiger partial charge in [0.15, 0.2) is 11.3 Å². The van der Waals surface area contributed by atoms with E-state index < -0.39 is 6.17 Å². The largest absolute Gasteiger partial charge is 0.298 e. The number of thioether (sulfide) groups is 1. The summed E-state index contributed by atoms with van der Waals surface area (Å²) in [6.07, 6.45) is 1.49. The first-order chi connectivity index (χ1) is 11.7. The van der Waals surface area contributed by atoms with Crippen LogP contribution in [0.25, 0.3) is 5.70 Å². The van der Waals surface area contributed by atoms with Crippen molar-refractivity contribution >= 4 is 44.5 Å². The van der Waals surface area contributed by atoms with E-state index in [2.05, 4.69) is 26.3 Å². The van der Waals surface area contributed by atoms with E-state index in [1.807, 2.05) is 54.8 Å². The van der Waals surface area contributed by atoms with Crippen molar-refractivity contribution in [3.8, 4) is 0 Å². The lowest BCUT2D eigenvalue weighted by Crippen LogP contribution is -2.50. The molecule has 1 N–H and O–H groups in total. The molecule has 120 valence electrons. The summed E-state index contributed by atoms with van der Waals surface area (Å²) in [5.74, 6) is -0.159. The summed E-state index contributed by atoms with van der Waals surface area (Å²) in [6.45, 7) is 0. The third-order valence-electron chi connectivity index (χ3n) is 3.89. The van der Waals surface area contributed by atoms with Gasteiger partial charge in [-0.3, -0.25) is 15.1 Å². The lowest BCUT2D eigenvalue weighted by Gasteiger charge is -2.34. The molecule has 0 spiro atoms. The van der Waals surface area contributed by atoms with Crippen LogP contribution in [0.2, 0.25) is 0 Å². The van der Waals surface area contributed by atoms with Gasteiger partial charge in [-0.1, -0.05) is 64.1 Å². The van der Waals surface area contributed by atoms with Crippen LogP contribution in [0, 0.1) is 0 Å². The quantitative estimate of drug-likeness (QED) is 0.795. The number of para-hydroxylation sites is 1. The van der Waals surface area contributed by atoms with Gasteiger partial charge in [0.05, 0.1) is 5.36 Å². The Kier molecular flexibility index (Phi) is 3.90. The van der Waals surface area contributed by atoms with E-state index in [4.69, 9.17) is 4.99 Å². The normalized spacial score (nSPS) is 19.0. The molecule has 24 heavy (non-hydrogen) atoms. The van der Waals surface area contributed by atoms with Crippen LogP contribution in [0.15, 0.2) is 63.1 Å². The van der Waals surface area contributed by atoms with Crippen molar-refractivity contribution in [2.75, 3.05) is 6.26 Å². The Morgan fingerprint density at radius 2 is 1.92 bits per heavy atom. The molecule has 0 aromatic heterocycles. The third-order valence-corrected chi connectivity index (χ3v) is 5.18. The molecule has 0 saturated heterocycles. The third kappa shape index (κ3) is 2.44. The molecule has 0 saturated carbocycles. The number of hydrazone groups is 1. The van der Waals surface area contributed by atoms with Crippen molar-refractivity contribution in [1.82, 2.24) is 10.3 Å². The first-order valence-corrected chi connectivity index (χ1v) is 9.35. The van der Waals surface area contributed by atoms with Crippen molar-refractivity contribution < 1.29 is 4.79 Å². The number of amidine groups is 1. The van der Waals surface area contributed by atoms with Gasteiger partial charge >= 0.3 is 0 Å². The highest BCUT2D eigenvalue weighted by atomic mass is 79.9. The number of nitrogens with one attached hydrogen (secondary N) is 1. The molecule has 2 aliphatic heterocycles.